The first kappa shape index (κ1) is 15.1. The summed E-state index contributed by atoms with van der Waals surface area (Å²) in [5, 5.41) is 2.65. The van der Waals surface area contributed by atoms with Crippen LogP contribution in [0.25, 0.3) is 0 Å². The van der Waals surface area contributed by atoms with Crippen LogP contribution in [0.2, 0.25) is 5.02 Å². The average molecular weight is 310 g/mol. The molecular weight excluding hydrogens is 297 g/mol. The second-order valence-electron chi connectivity index (χ2n) is 4.14. The molecule has 110 valence electrons. The molecule has 0 bridgehead atoms. The third kappa shape index (κ3) is 4.36. The Morgan fingerprint density at radius 3 is 2.48 bits per heavy atom. The van der Waals surface area contributed by atoms with Crippen molar-refractivity contribution in [1.29, 1.82) is 0 Å². The van der Waals surface area contributed by atoms with E-state index in [0.29, 0.717) is 11.4 Å². The molecular formula is C15H13ClFNO3. The topological polar surface area (TPSA) is 47.6 Å². The minimum Gasteiger partial charge on any atom is -0.497 e. The van der Waals surface area contributed by atoms with Gasteiger partial charge in [-0.25, -0.2) is 4.39 Å². The van der Waals surface area contributed by atoms with E-state index in [0.717, 1.165) is 6.07 Å². The molecule has 0 fully saturated rings. The van der Waals surface area contributed by atoms with Crippen LogP contribution < -0.4 is 14.8 Å². The Morgan fingerprint density at radius 1 is 1.19 bits per heavy atom. The van der Waals surface area contributed by atoms with Gasteiger partial charge in [-0.15, -0.1) is 0 Å². The first-order valence-electron chi connectivity index (χ1n) is 6.10. The Balaban J connectivity index is 1.87. The maximum Gasteiger partial charge on any atom is 0.262 e. The number of hydrogen-bond acceptors (Lipinski definition) is 3. The summed E-state index contributed by atoms with van der Waals surface area (Å²) in [6, 6.07) is 10.9. The zero-order valence-electron chi connectivity index (χ0n) is 11.2. The highest BCUT2D eigenvalue weighted by Crippen LogP contribution is 2.20. The van der Waals surface area contributed by atoms with E-state index >= 15 is 0 Å². The van der Waals surface area contributed by atoms with Gasteiger partial charge in [0.15, 0.2) is 6.61 Å². The van der Waals surface area contributed by atoms with Gasteiger partial charge in [-0.05, 0) is 36.4 Å². The second-order valence-corrected chi connectivity index (χ2v) is 4.55. The number of ether oxygens (including phenoxy) is 2. The number of nitrogens with one attached hydrogen (secondary N) is 1. The van der Waals surface area contributed by atoms with Crippen LogP contribution in [-0.4, -0.2) is 19.6 Å². The van der Waals surface area contributed by atoms with E-state index in [1.54, 1.807) is 31.4 Å². The average Bonchev–Trinajstić information content (AvgIpc) is 2.49. The summed E-state index contributed by atoms with van der Waals surface area (Å²) in [6.45, 7) is -0.229. The molecule has 0 aliphatic carbocycles. The van der Waals surface area contributed by atoms with Gasteiger partial charge in [-0.3, -0.25) is 4.79 Å². The molecule has 0 atom stereocenters. The standard InChI is InChI=1S/C15H13ClFNO3/c1-20-11-4-2-10(3-5-11)18-15(19)9-21-12-6-7-13(16)14(17)8-12/h2-8H,9H2,1H3,(H,18,19). The Bertz CT molecular complexity index is 631. The maximum absolute atomic E-state index is 13.2. The van der Waals surface area contributed by atoms with Gasteiger partial charge in [0.2, 0.25) is 0 Å². The molecule has 4 nitrogen and oxygen atoms in total. The van der Waals surface area contributed by atoms with Crippen LogP contribution in [0.1, 0.15) is 0 Å². The van der Waals surface area contributed by atoms with Crippen molar-refractivity contribution in [2.24, 2.45) is 0 Å². The van der Waals surface area contributed by atoms with Crippen LogP contribution in [0.15, 0.2) is 42.5 Å². The van der Waals surface area contributed by atoms with Crippen molar-refractivity contribution >= 4 is 23.2 Å². The number of benzene rings is 2. The van der Waals surface area contributed by atoms with E-state index in [1.165, 1.54) is 12.1 Å². The fraction of sp³-hybridized carbons (Fsp3) is 0.133. The predicted octanol–water partition coefficient (Wildman–Crippen LogP) is 3.51. The number of carbonyl (C=O) groups excluding carboxylic acids is 1. The van der Waals surface area contributed by atoms with Gasteiger partial charge in [-0.2, -0.15) is 0 Å². The molecule has 0 aromatic heterocycles. The number of hydrogen-bond donors (Lipinski definition) is 1. The highest BCUT2D eigenvalue weighted by Gasteiger charge is 2.06. The van der Waals surface area contributed by atoms with Gasteiger partial charge in [0.1, 0.15) is 17.3 Å². The van der Waals surface area contributed by atoms with E-state index in [4.69, 9.17) is 21.1 Å². The lowest BCUT2D eigenvalue weighted by atomic mass is 10.3. The normalized spacial score (nSPS) is 10.0. The van der Waals surface area contributed by atoms with E-state index < -0.39 is 5.82 Å². The minimum absolute atomic E-state index is 0.00466. The van der Waals surface area contributed by atoms with Gasteiger partial charge in [0.25, 0.3) is 5.91 Å². The number of anilines is 1. The lowest BCUT2D eigenvalue weighted by molar-refractivity contribution is -0.118. The van der Waals surface area contributed by atoms with Crippen LogP contribution >= 0.6 is 11.6 Å². The van der Waals surface area contributed by atoms with E-state index in [1.807, 2.05) is 0 Å². The fourth-order valence-corrected chi connectivity index (χ4v) is 1.70. The van der Waals surface area contributed by atoms with Crippen molar-refractivity contribution in [3.05, 3.63) is 53.3 Å². The lowest BCUT2D eigenvalue weighted by Crippen LogP contribution is -2.20. The molecule has 2 rings (SSSR count). The SMILES string of the molecule is COc1ccc(NC(=O)COc2ccc(Cl)c(F)c2)cc1. The van der Waals surface area contributed by atoms with Crippen molar-refractivity contribution in [2.75, 3.05) is 19.0 Å². The largest absolute Gasteiger partial charge is 0.497 e. The zero-order valence-corrected chi connectivity index (χ0v) is 12.0. The molecule has 1 amide bonds. The van der Waals surface area contributed by atoms with E-state index in [2.05, 4.69) is 5.32 Å². The zero-order chi connectivity index (χ0) is 15.2. The smallest absolute Gasteiger partial charge is 0.262 e. The molecule has 0 unspecified atom stereocenters. The second kappa shape index (κ2) is 6.95. The van der Waals surface area contributed by atoms with Crippen molar-refractivity contribution in [3.8, 4) is 11.5 Å². The number of amides is 1. The molecule has 2 aromatic rings. The highest BCUT2D eigenvalue weighted by atomic mass is 35.5. The molecule has 0 radical (unpaired) electrons. The summed E-state index contributed by atoms with van der Waals surface area (Å²) in [5.41, 5.74) is 0.617. The van der Waals surface area contributed by atoms with Crippen LogP contribution in [0.3, 0.4) is 0 Å². The number of halogens is 2. The number of methoxy groups -OCH3 is 1. The van der Waals surface area contributed by atoms with Crippen molar-refractivity contribution in [1.82, 2.24) is 0 Å². The summed E-state index contributed by atoms with van der Waals surface area (Å²) in [6.07, 6.45) is 0. The van der Waals surface area contributed by atoms with Gasteiger partial charge >= 0.3 is 0 Å². The van der Waals surface area contributed by atoms with Gasteiger partial charge in [-0.1, -0.05) is 11.6 Å². The summed E-state index contributed by atoms with van der Waals surface area (Å²) < 4.78 is 23.4. The predicted molar refractivity (Wildman–Crippen MR) is 78.5 cm³/mol. The third-order valence-electron chi connectivity index (χ3n) is 2.63. The Labute approximate surface area is 126 Å². The summed E-state index contributed by atoms with van der Waals surface area (Å²) in [5.74, 6) is -0.0112. The third-order valence-corrected chi connectivity index (χ3v) is 2.94. The van der Waals surface area contributed by atoms with Gasteiger partial charge < -0.3 is 14.8 Å². The van der Waals surface area contributed by atoms with Crippen molar-refractivity contribution < 1.29 is 18.7 Å². The first-order chi connectivity index (χ1) is 10.1. The van der Waals surface area contributed by atoms with Crippen LogP contribution in [0.5, 0.6) is 11.5 Å². The Hall–Kier alpha value is -2.27. The maximum atomic E-state index is 13.2. The minimum atomic E-state index is -0.593. The van der Waals surface area contributed by atoms with Crippen LogP contribution in [0, 0.1) is 5.82 Å². The van der Waals surface area contributed by atoms with E-state index in [-0.39, 0.29) is 23.3 Å². The quantitative estimate of drug-likeness (QED) is 0.919. The molecule has 1 N–H and O–H groups in total. The van der Waals surface area contributed by atoms with Gasteiger partial charge in [0, 0.05) is 11.8 Å². The van der Waals surface area contributed by atoms with Crippen molar-refractivity contribution in [3.63, 3.8) is 0 Å². The highest BCUT2D eigenvalue weighted by molar-refractivity contribution is 6.30. The van der Waals surface area contributed by atoms with Crippen LogP contribution in [-0.2, 0) is 4.79 Å². The van der Waals surface area contributed by atoms with E-state index in [9.17, 15) is 9.18 Å². The Morgan fingerprint density at radius 2 is 1.86 bits per heavy atom. The molecule has 0 heterocycles. The number of rotatable bonds is 5. The summed E-state index contributed by atoms with van der Waals surface area (Å²) in [7, 11) is 1.56. The molecule has 6 heteroatoms. The molecule has 21 heavy (non-hydrogen) atoms. The summed E-state index contributed by atoms with van der Waals surface area (Å²) in [4.78, 5) is 11.7. The number of carbonyl (C=O) groups is 1. The van der Waals surface area contributed by atoms with Gasteiger partial charge in [0.05, 0.1) is 12.1 Å². The van der Waals surface area contributed by atoms with Crippen LogP contribution in [0.4, 0.5) is 10.1 Å². The molecule has 0 saturated carbocycles. The van der Waals surface area contributed by atoms with Crippen molar-refractivity contribution in [2.45, 2.75) is 0 Å². The molecule has 0 aliphatic heterocycles. The molecule has 0 spiro atoms. The molecule has 0 aliphatic rings. The lowest BCUT2D eigenvalue weighted by Gasteiger charge is -2.08. The monoisotopic (exact) mass is 309 g/mol. The fourth-order valence-electron chi connectivity index (χ4n) is 1.59. The molecule has 2 aromatic carbocycles. The first-order valence-corrected chi connectivity index (χ1v) is 6.48. The molecule has 0 saturated heterocycles. The Kier molecular flexibility index (Phi) is 5.00. The summed E-state index contributed by atoms with van der Waals surface area (Å²) >= 11 is 5.56.